The molecule has 0 heterocycles. The van der Waals surface area contributed by atoms with Gasteiger partial charge in [0.2, 0.25) is 0 Å². The normalized spacial score (nSPS) is 15.1. The first kappa shape index (κ1) is 19.3. The summed E-state index contributed by atoms with van der Waals surface area (Å²) in [5, 5.41) is 9.47. The third kappa shape index (κ3) is 4.16. The van der Waals surface area contributed by atoms with Crippen molar-refractivity contribution in [2.24, 2.45) is 0 Å². The Bertz CT molecular complexity index is 367. The monoisotopic (exact) mass is 302 g/mol. The lowest BCUT2D eigenvalue weighted by Crippen LogP contribution is -2.44. The highest BCUT2D eigenvalue weighted by Gasteiger charge is 2.43. The van der Waals surface area contributed by atoms with E-state index in [-0.39, 0.29) is 0 Å². The predicted molar refractivity (Wildman–Crippen MR) is 84.6 cm³/mol. The number of aliphatic hydroxyl groups excluding tert-OH is 1. The summed E-state index contributed by atoms with van der Waals surface area (Å²) in [6.07, 6.45) is 0.661. The van der Waals surface area contributed by atoms with Crippen molar-refractivity contribution >= 4 is 8.07 Å². The van der Waals surface area contributed by atoms with Crippen LogP contribution in [0.25, 0.3) is 0 Å². The van der Waals surface area contributed by atoms with Crippen molar-refractivity contribution in [2.45, 2.75) is 77.1 Å². The average Bonchev–Trinajstić information content (AvgIpc) is 2.28. The summed E-state index contributed by atoms with van der Waals surface area (Å²) in [7, 11) is -2.18. The zero-order valence-corrected chi connectivity index (χ0v) is 14.7. The summed E-state index contributed by atoms with van der Waals surface area (Å²) < 4.78 is 27.7. The second-order valence-electron chi connectivity index (χ2n) is 6.24. The standard InChI is InChI=1S/C16H28F2OSi/c1-8-9-15(19)16(17,18)10-11-20(12(2)3,13(4)5)14(6)7/h8-9,12-15,19H,1-7H3/b9-8+. The Morgan fingerprint density at radius 2 is 1.40 bits per heavy atom. The number of aliphatic hydroxyl groups is 1. The Labute approximate surface area is 123 Å². The second-order valence-corrected chi connectivity index (χ2v) is 11.8. The van der Waals surface area contributed by atoms with Crippen LogP contribution in [-0.2, 0) is 0 Å². The smallest absolute Gasteiger partial charge is 0.336 e. The molecule has 0 saturated carbocycles. The molecule has 0 aliphatic carbocycles. The van der Waals surface area contributed by atoms with Crippen LogP contribution in [0.4, 0.5) is 8.78 Å². The fourth-order valence-corrected chi connectivity index (χ4v) is 8.25. The first-order chi connectivity index (χ1) is 9.02. The molecule has 0 spiro atoms. The van der Waals surface area contributed by atoms with Crippen LogP contribution in [-0.4, -0.2) is 25.2 Å². The third-order valence-corrected chi connectivity index (χ3v) is 10.3. The molecule has 0 fully saturated rings. The highest BCUT2D eigenvalue weighted by molar-refractivity contribution is 6.90. The van der Waals surface area contributed by atoms with Crippen molar-refractivity contribution in [3.05, 3.63) is 12.2 Å². The van der Waals surface area contributed by atoms with E-state index in [1.807, 2.05) is 0 Å². The molecular weight excluding hydrogens is 274 g/mol. The second kappa shape index (κ2) is 7.38. The van der Waals surface area contributed by atoms with Gasteiger partial charge in [-0.05, 0) is 29.5 Å². The van der Waals surface area contributed by atoms with Gasteiger partial charge in [-0.25, -0.2) is 0 Å². The molecule has 1 unspecified atom stereocenters. The van der Waals surface area contributed by atoms with Crippen molar-refractivity contribution in [3.63, 3.8) is 0 Å². The number of hydrogen-bond acceptors (Lipinski definition) is 1. The molecule has 0 aliphatic rings. The number of rotatable bonds is 5. The van der Waals surface area contributed by atoms with Crippen molar-refractivity contribution < 1.29 is 13.9 Å². The van der Waals surface area contributed by atoms with Crippen LogP contribution in [0, 0.1) is 11.5 Å². The maximum Gasteiger partial charge on any atom is 0.336 e. The molecule has 4 heteroatoms. The molecular formula is C16H28F2OSi. The number of halogens is 2. The van der Waals surface area contributed by atoms with Gasteiger partial charge in [0.1, 0.15) is 14.2 Å². The van der Waals surface area contributed by atoms with E-state index in [0.717, 1.165) is 6.08 Å². The molecule has 1 atom stereocenters. The van der Waals surface area contributed by atoms with E-state index in [4.69, 9.17) is 0 Å². The Hall–Kier alpha value is -0.663. The number of hydrogen-bond donors (Lipinski definition) is 1. The predicted octanol–water partition coefficient (Wildman–Crippen LogP) is 4.78. The molecule has 0 amide bonds. The topological polar surface area (TPSA) is 20.2 Å². The molecule has 0 saturated heterocycles. The van der Waals surface area contributed by atoms with Crippen LogP contribution < -0.4 is 0 Å². The summed E-state index contributed by atoms with van der Waals surface area (Å²) in [6, 6.07) is 0. The molecule has 0 bridgehead atoms. The summed E-state index contributed by atoms with van der Waals surface area (Å²) in [5.41, 5.74) is 3.84. The average molecular weight is 302 g/mol. The lowest BCUT2D eigenvalue weighted by atomic mass is 10.2. The van der Waals surface area contributed by atoms with Crippen LogP contribution in [0.5, 0.6) is 0 Å². The SMILES string of the molecule is C/C=C/C(O)C(F)(F)C#C[Si](C(C)C)(C(C)C)C(C)C. The zero-order chi connectivity index (χ0) is 16.1. The third-order valence-electron chi connectivity index (χ3n) is 4.06. The molecule has 0 aliphatic heterocycles. The van der Waals surface area contributed by atoms with E-state index >= 15 is 0 Å². The first-order valence-corrected chi connectivity index (χ1v) is 9.48. The largest absolute Gasteiger partial charge is 0.382 e. The van der Waals surface area contributed by atoms with E-state index in [1.165, 1.54) is 6.08 Å². The van der Waals surface area contributed by atoms with Gasteiger partial charge < -0.3 is 5.11 Å². The zero-order valence-electron chi connectivity index (χ0n) is 13.7. The van der Waals surface area contributed by atoms with E-state index in [2.05, 4.69) is 53.0 Å². The summed E-state index contributed by atoms with van der Waals surface area (Å²) >= 11 is 0. The van der Waals surface area contributed by atoms with Crippen LogP contribution in [0.3, 0.4) is 0 Å². The minimum atomic E-state index is -3.39. The minimum absolute atomic E-state index is 0.296. The van der Waals surface area contributed by atoms with Crippen molar-refractivity contribution in [2.75, 3.05) is 0 Å². The number of allylic oxidation sites excluding steroid dienone is 1. The molecule has 20 heavy (non-hydrogen) atoms. The molecule has 116 valence electrons. The van der Waals surface area contributed by atoms with Crippen LogP contribution >= 0.6 is 0 Å². The number of alkyl halides is 2. The summed E-state index contributed by atoms with van der Waals surface area (Å²) in [4.78, 5) is 0. The molecule has 0 aromatic heterocycles. The summed E-state index contributed by atoms with van der Waals surface area (Å²) in [5.74, 6) is -1.28. The molecule has 0 rings (SSSR count). The van der Waals surface area contributed by atoms with Crippen LogP contribution in [0.15, 0.2) is 12.2 Å². The molecule has 1 N–H and O–H groups in total. The molecule has 0 aromatic carbocycles. The van der Waals surface area contributed by atoms with Gasteiger partial charge in [-0.3, -0.25) is 0 Å². The van der Waals surface area contributed by atoms with Gasteiger partial charge in [0.25, 0.3) is 0 Å². The van der Waals surface area contributed by atoms with Gasteiger partial charge in [-0.1, -0.05) is 53.7 Å². The Morgan fingerprint density at radius 1 is 1.00 bits per heavy atom. The van der Waals surface area contributed by atoms with Crippen molar-refractivity contribution in [1.29, 1.82) is 0 Å². The molecule has 0 radical (unpaired) electrons. The van der Waals surface area contributed by atoms with Gasteiger partial charge in [-0.15, -0.1) is 5.54 Å². The van der Waals surface area contributed by atoms with Gasteiger partial charge in [-0.2, -0.15) is 8.78 Å². The van der Waals surface area contributed by atoms with Gasteiger partial charge >= 0.3 is 5.92 Å². The van der Waals surface area contributed by atoms with E-state index in [1.54, 1.807) is 6.92 Å². The maximum atomic E-state index is 13.9. The Morgan fingerprint density at radius 3 is 1.70 bits per heavy atom. The lowest BCUT2D eigenvalue weighted by molar-refractivity contribution is -0.0366. The lowest BCUT2D eigenvalue weighted by Gasteiger charge is -2.38. The highest BCUT2D eigenvalue weighted by atomic mass is 28.3. The summed E-state index contributed by atoms with van der Waals surface area (Å²) in [6.45, 7) is 14.0. The van der Waals surface area contributed by atoms with Crippen molar-refractivity contribution in [3.8, 4) is 11.5 Å². The van der Waals surface area contributed by atoms with Gasteiger partial charge in [0, 0.05) is 0 Å². The quantitative estimate of drug-likeness (QED) is 0.440. The molecule has 1 nitrogen and oxygen atoms in total. The van der Waals surface area contributed by atoms with Gasteiger partial charge in [0.15, 0.2) is 0 Å². The van der Waals surface area contributed by atoms with Crippen LogP contribution in [0.1, 0.15) is 48.5 Å². The minimum Gasteiger partial charge on any atom is -0.382 e. The van der Waals surface area contributed by atoms with Crippen molar-refractivity contribution in [1.82, 2.24) is 0 Å². The Kier molecular flexibility index (Phi) is 7.13. The fourth-order valence-electron chi connectivity index (χ4n) is 3.00. The maximum absolute atomic E-state index is 13.9. The van der Waals surface area contributed by atoms with Crippen LogP contribution in [0.2, 0.25) is 16.6 Å². The van der Waals surface area contributed by atoms with E-state index in [0.29, 0.717) is 16.6 Å². The van der Waals surface area contributed by atoms with E-state index < -0.39 is 20.1 Å². The highest BCUT2D eigenvalue weighted by Crippen LogP contribution is 2.41. The van der Waals surface area contributed by atoms with Gasteiger partial charge in [0.05, 0.1) is 0 Å². The Balaban J connectivity index is 5.67. The fraction of sp³-hybridized carbons (Fsp3) is 0.750. The first-order valence-electron chi connectivity index (χ1n) is 7.25. The molecule has 0 aromatic rings. The van der Waals surface area contributed by atoms with E-state index in [9.17, 15) is 13.9 Å².